The topological polar surface area (TPSA) is 0 Å². The van der Waals surface area contributed by atoms with E-state index in [1.54, 1.807) is 0 Å². The molecule has 1 aromatic carbocycles. The first-order valence-corrected chi connectivity index (χ1v) is 3.80. The average molecular weight is 268 g/mol. The third kappa shape index (κ3) is 2.18. The normalized spacial score (nSPS) is 12.4. The molecule has 0 aliphatic rings. The van der Waals surface area contributed by atoms with E-state index in [0.29, 0.717) is 0 Å². The van der Waals surface area contributed by atoms with Crippen molar-refractivity contribution in [1.29, 1.82) is 0 Å². The van der Waals surface area contributed by atoms with E-state index in [0.717, 1.165) is 0 Å². The van der Waals surface area contributed by atoms with Gasteiger partial charge < -0.3 is 0 Å². The maximum atomic E-state index is 12.7. The molecule has 0 fully saturated rings. The van der Waals surface area contributed by atoms with E-state index in [1.807, 2.05) is 0 Å². The van der Waals surface area contributed by atoms with Gasteiger partial charge in [-0.25, -0.2) is 26.3 Å². The van der Waals surface area contributed by atoms with Crippen LogP contribution in [0, 0.1) is 23.3 Å². The molecule has 0 aromatic heterocycles. The summed E-state index contributed by atoms with van der Waals surface area (Å²) in [6.45, 7) is 0. The van der Waals surface area contributed by atoms with Crippen LogP contribution in [0.1, 0.15) is 17.6 Å². The second-order valence-corrected chi connectivity index (χ2v) is 2.84. The van der Waals surface area contributed by atoms with Gasteiger partial charge in [0, 0.05) is 0 Å². The van der Waals surface area contributed by atoms with Crippen LogP contribution in [0.5, 0.6) is 0 Å². The molecule has 0 nitrogen and oxygen atoms in total. The summed E-state index contributed by atoms with van der Waals surface area (Å²) in [5.74, 6) is -11.3. The molecule has 0 saturated carbocycles. The van der Waals surface area contributed by atoms with Gasteiger partial charge in [-0.1, -0.05) is 0 Å². The molecule has 17 heavy (non-hydrogen) atoms. The molecule has 0 aliphatic carbocycles. The summed E-state index contributed by atoms with van der Waals surface area (Å²) in [6.07, 6.45) is -9.72. The predicted molar refractivity (Wildman–Crippen MR) is 36.2 cm³/mol. The van der Waals surface area contributed by atoms with E-state index in [-0.39, 0.29) is 0 Å². The molecule has 0 amide bonds. The lowest BCUT2D eigenvalue weighted by Crippen LogP contribution is -2.17. The second kappa shape index (κ2) is 4.11. The van der Waals surface area contributed by atoms with Crippen molar-refractivity contribution < 1.29 is 39.5 Å². The Morgan fingerprint density at radius 1 is 0.706 bits per heavy atom. The molecule has 0 spiro atoms. The lowest BCUT2D eigenvalue weighted by molar-refractivity contribution is -0.143. The molecular weight excluding hydrogens is 267 g/mol. The van der Waals surface area contributed by atoms with E-state index >= 15 is 0 Å². The molecule has 0 radical (unpaired) electrons. The minimum atomic E-state index is -5.74. The van der Waals surface area contributed by atoms with Crippen LogP contribution in [0.4, 0.5) is 39.5 Å². The van der Waals surface area contributed by atoms with Gasteiger partial charge in [0.05, 0.1) is 5.56 Å². The standard InChI is InChI=1S/C8HF9/c9-3-1(7(13)14)4(10)6(12)2(5(3)11)8(15,16)17/h7H. The highest BCUT2D eigenvalue weighted by atomic mass is 19.4. The minimum absolute atomic E-state index is 2.37. The molecule has 1 rings (SSSR count). The van der Waals surface area contributed by atoms with Crippen LogP contribution in [-0.4, -0.2) is 0 Å². The van der Waals surface area contributed by atoms with Crippen LogP contribution in [0.3, 0.4) is 0 Å². The van der Waals surface area contributed by atoms with Gasteiger partial charge in [0.2, 0.25) is 0 Å². The van der Waals surface area contributed by atoms with Crippen molar-refractivity contribution in [1.82, 2.24) is 0 Å². The summed E-state index contributed by atoms with van der Waals surface area (Å²) in [6, 6.07) is 0. The summed E-state index contributed by atoms with van der Waals surface area (Å²) in [5.41, 5.74) is -5.25. The maximum absolute atomic E-state index is 12.7. The van der Waals surface area contributed by atoms with Gasteiger partial charge in [0.25, 0.3) is 6.43 Å². The Morgan fingerprint density at radius 2 is 1.06 bits per heavy atom. The zero-order valence-corrected chi connectivity index (χ0v) is 7.48. The highest BCUT2D eigenvalue weighted by molar-refractivity contribution is 5.32. The van der Waals surface area contributed by atoms with E-state index in [9.17, 15) is 39.5 Å². The van der Waals surface area contributed by atoms with Crippen molar-refractivity contribution in [3.63, 3.8) is 0 Å². The van der Waals surface area contributed by atoms with Crippen LogP contribution < -0.4 is 0 Å². The third-order valence-corrected chi connectivity index (χ3v) is 1.80. The van der Waals surface area contributed by atoms with Gasteiger partial charge in [-0.15, -0.1) is 0 Å². The fourth-order valence-electron chi connectivity index (χ4n) is 1.09. The molecule has 0 aliphatic heterocycles. The molecular formula is C8HF9. The van der Waals surface area contributed by atoms with Gasteiger partial charge in [-0.05, 0) is 0 Å². The van der Waals surface area contributed by atoms with Crippen LogP contribution in [0.25, 0.3) is 0 Å². The second-order valence-electron chi connectivity index (χ2n) is 2.84. The molecule has 9 heteroatoms. The monoisotopic (exact) mass is 268 g/mol. The number of hydrogen-bond acceptors (Lipinski definition) is 0. The lowest BCUT2D eigenvalue weighted by Gasteiger charge is -2.13. The smallest absolute Gasteiger partial charge is 0.205 e. The number of hydrogen-bond donors (Lipinski definition) is 0. The van der Waals surface area contributed by atoms with Crippen LogP contribution in [0.2, 0.25) is 0 Å². The molecule has 0 atom stereocenters. The van der Waals surface area contributed by atoms with E-state index in [2.05, 4.69) is 0 Å². The first-order valence-electron chi connectivity index (χ1n) is 3.80. The summed E-state index contributed by atoms with van der Waals surface area (Å²) >= 11 is 0. The van der Waals surface area contributed by atoms with Crippen LogP contribution in [-0.2, 0) is 6.18 Å². The van der Waals surface area contributed by atoms with Crippen molar-refractivity contribution in [3.05, 3.63) is 34.4 Å². The molecule has 0 saturated heterocycles. The zero-order chi connectivity index (χ0) is 13.5. The summed E-state index contributed by atoms with van der Waals surface area (Å²) in [7, 11) is 0. The quantitative estimate of drug-likeness (QED) is 0.529. The third-order valence-electron chi connectivity index (χ3n) is 1.80. The molecule has 96 valence electrons. The van der Waals surface area contributed by atoms with E-state index in [1.165, 1.54) is 0 Å². The first kappa shape index (κ1) is 13.7. The minimum Gasteiger partial charge on any atom is -0.205 e. The van der Waals surface area contributed by atoms with Crippen molar-refractivity contribution in [2.75, 3.05) is 0 Å². The van der Waals surface area contributed by atoms with Gasteiger partial charge in [0.15, 0.2) is 23.3 Å². The van der Waals surface area contributed by atoms with Crippen LogP contribution in [0.15, 0.2) is 0 Å². The predicted octanol–water partition coefficient (Wildman–Crippen LogP) is 4.20. The summed E-state index contributed by atoms with van der Waals surface area (Å²) in [5, 5.41) is 0. The summed E-state index contributed by atoms with van der Waals surface area (Å²) < 4.78 is 111. The van der Waals surface area contributed by atoms with Gasteiger partial charge >= 0.3 is 6.18 Å². The number of halogens is 9. The Kier molecular flexibility index (Phi) is 3.30. The number of rotatable bonds is 1. The molecule has 0 heterocycles. The average Bonchev–Trinajstić information content (AvgIpc) is 2.12. The highest BCUT2D eigenvalue weighted by Gasteiger charge is 2.43. The Hall–Kier alpha value is -1.41. The fraction of sp³-hybridized carbons (Fsp3) is 0.250. The van der Waals surface area contributed by atoms with Crippen LogP contribution >= 0.6 is 0 Å². The van der Waals surface area contributed by atoms with E-state index in [4.69, 9.17) is 0 Å². The maximum Gasteiger partial charge on any atom is 0.422 e. The summed E-state index contributed by atoms with van der Waals surface area (Å²) in [4.78, 5) is 0. The van der Waals surface area contributed by atoms with Crippen molar-refractivity contribution in [3.8, 4) is 0 Å². The first-order chi connectivity index (χ1) is 7.59. The van der Waals surface area contributed by atoms with Gasteiger partial charge in [-0.3, -0.25) is 0 Å². The number of alkyl halides is 5. The molecule has 1 aromatic rings. The van der Waals surface area contributed by atoms with Gasteiger partial charge in [-0.2, -0.15) is 13.2 Å². The molecule has 0 N–H and O–H groups in total. The molecule has 0 unspecified atom stereocenters. The van der Waals surface area contributed by atoms with Crippen molar-refractivity contribution in [2.45, 2.75) is 12.6 Å². The van der Waals surface area contributed by atoms with Gasteiger partial charge in [0.1, 0.15) is 5.56 Å². The lowest BCUT2D eigenvalue weighted by atomic mass is 10.1. The number of benzene rings is 1. The Balaban J connectivity index is 3.71. The largest absolute Gasteiger partial charge is 0.422 e. The van der Waals surface area contributed by atoms with Crippen molar-refractivity contribution in [2.24, 2.45) is 0 Å². The van der Waals surface area contributed by atoms with E-state index < -0.39 is 47.0 Å². The zero-order valence-electron chi connectivity index (χ0n) is 7.48. The SMILES string of the molecule is Fc1c(F)c(C(F)(F)F)c(F)c(F)c1C(F)F. The highest BCUT2D eigenvalue weighted by Crippen LogP contribution is 2.38. The Morgan fingerprint density at radius 3 is 1.29 bits per heavy atom. The fourth-order valence-corrected chi connectivity index (χ4v) is 1.09. The Labute approximate surface area is 87.7 Å². The van der Waals surface area contributed by atoms with Crippen molar-refractivity contribution >= 4 is 0 Å². The molecule has 0 bridgehead atoms. The Bertz CT molecular complexity index is 416.